The lowest BCUT2D eigenvalue weighted by Gasteiger charge is -2.19. The number of hydrogen-bond acceptors (Lipinski definition) is 4. The van der Waals surface area contributed by atoms with Crippen LogP contribution in [-0.4, -0.2) is 37.7 Å². The van der Waals surface area contributed by atoms with Crippen molar-refractivity contribution in [1.29, 1.82) is 0 Å². The molecule has 4 aromatic rings. The van der Waals surface area contributed by atoms with Crippen LogP contribution in [0.1, 0.15) is 12.8 Å². The Morgan fingerprint density at radius 3 is 1.10 bits per heavy atom. The molecule has 2 nitrogen and oxygen atoms in total. The first-order valence-corrected chi connectivity index (χ1v) is 16.1. The normalized spacial score (nSPS) is 15.4. The van der Waals surface area contributed by atoms with E-state index in [-0.39, 0.29) is 0 Å². The van der Waals surface area contributed by atoms with Crippen LogP contribution in [-0.2, 0) is 0 Å². The molecule has 0 N–H and O–H groups in total. The minimum atomic E-state index is 1.03. The summed E-state index contributed by atoms with van der Waals surface area (Å²) >= 11 is 3.95. The van der Waals surface area contributed by atoms with Crippen LogP contribution in [0.3, 0.4) is 0 Å². The summed E-state index contributed by atoms with van der Waals surface area (Å²) in [5.41, 5.74) is 9.14. The van der Waals surface area contributed by atoms with Crippen LogP contribution in [0.25, 0.3) is 0 Å². The molecule has 0 bridgehead atoms. The Kier molecular flexibility index (Phi) is 8.96. The number of nitrogens with zero attached hydrogens (tertiary/aromatic N) is 2. The average Bonchev–Trinajstić information content (AvgIpc) is 3.64. The van der Waals surface area contributed by atoms with E-state index >= 15 is 0 Å². The number of hydrogen-bond donors (Lipinski definition) is 0. The summed E-state index contributed by atoms with van der Waals surface area (Å²) in [6.45, 7) is 4.15. The largest absolute Gasteiger partial charge is 0.363 e. The van der Waals surface area contributed by atoms with Gasteiger partial charge in [0.25, 0.3) is 0 Å². The lowest BCUT2D eigenvalue weighted by molar-refractivity contribution is 0.861. The second-order valence-electron chi connectivity index (χ2n) is 10.5. The van der Waals surface area contributed by atoms with E-state index in [0.29, 0.717) is 0 Å². The number of thioether (sulfide) groups is 2. The Bertz CT molecular complexity index is 1320. The molecular formula is C36H36N2S2. The first-order chi connectivity index (χ1) is 19.8. The molecule has 0 spiro atoms. The smallest absolute Gasteiger partial charge is 0.0404 e. The second-order valence-corrected chi connectivity index (χ2v) is 12.6. The summed E-state index contributed by atoms with van der Waals surface area (Å²) < 4.78 is 0. The first kappa shape index (κ1) is 26.9. The standard InChI is InChI=1S/C36H36N2S2/c1-5-13-33(14-6-1)37-23-29(31(25-37)27-39-35-17-9-3-10-18-35)21-22-30-24-38(34-15-7-2-8-16-34)26-32(30)28-40-36-19-11-4-12-20-36/h1-20H,21-28H2. The summed E-state index contributed by atoms with van der Waals surface area (Å²) in [5, 5.41) is 0. The average molecular weight is 561 g/mol. The van der Waals surface area contributed by atoms with E-state index in [0.717, 1.165) is 50.5 Å². The zero-order valence-corrected chi connectivity index (χ0v) is 24.5. The molecule has 202 valence electrons. The van der Waals surface area contributed by atoms with Gasteiger partial charge in [0.1, 0.15) is 0 Å². The maximum Gasteiger partial charge on any atom is 0.0404 e. The Labute approximate surface area is 247 Å². The van der Waals surface area contributed by atoms with Crippen LogP contribution < -0.4 is 9.80 Å². The number of rotatable bonds is 11. The zero-order valence-electron chi connectivity index (χ0n) is 22.9. The fourth-order valence-corrected chi connectivity index (χ4v) is 7.58. The Morgan fingerprint density at radius 1 is 0.400 bits per heavy atom. The molecule has 2 heterocycles. The topological polar surface area (TPSA) is 6.48 Å². The van der Waals surface area contributed by atoms with Crippen LogP contribution >= 0.6 is 23.5 Å². The Balaban J connectivity index is 1.19. The molecule has 2 aliphatic rings. The lowest BCUT2D eigenvalue weighted by Crippen LogP contribution is -2.21. The van der Waals surface area contributed by atoms with Gasteiger partial charge in [0, 0.05) is 58.9 Å². The lowest BCUT2D eigenvalue weighted by atomic mass is 10.0. The molecule has 0 atom stereocenters. The molecule has 0 unspecified atom stereocenters. The van der Waals surface area contributed by atoms with E-state index in [9.17, 15) is 0 Å². The SMILES string of the molecule is c1ccc(SCC2=C(CCC3=C(CSc4ccccc4)CN(c4ccccc4)C3)CN(c3ccccc3)C2)cc1. The van der Waals surface area contributed by atoms with Gasteiger partial charge in [-0.25, -0.2) is 0 Å². The van der Waals surface area contributed by atoms with Crippen LogP contribution in [0.5, 0.6) is 0 Å². The minimum Gasteiger partial charge on any atom is -0.363 e. The highest BCUT2D eigenvalue weighted by atomic mass is 32.2. The van der Waals surface area contributed by atoms with Gasteiger partial charge in [-0.05, 0) is 83.7 Å². The monoisotopic (exact) mass is 560 g/mol. The summed E-state index contributed by atoms with van der Waals surface area (Å²) in [7, 11) is 0. The first-order valence-electron chi connectivity index (χ1n) is 14.2. The van der Waals surface area contributed by atoms with Crippen molar-refractivity contribution in [1.82, 2.24) is 0 Å². The van der Waals surface area contributed by atoms with Crippen molar-refractivity contribution in [2.75, 3.05) is 47.5 Å². The fourth-order valence-electron chi connectivity index (χ4n) is 5.61. The maximum absolute atomic E-state index is 2.56. The van der Waals surface area contributed by atoms with Gasteiger partial charge in [-0.1, -0.05) is 72.8 Å². The summed E-state index contributed by atoms with van der Waals surface area (Å²) in [5.74, 6) is 2.13. The maximum atomic E-state index is 2.56. The highest BCUT2D eigenvalue weighted by Gasteiger charge is 2.26. The Hall–Kier alpha value is -3.34. The van der Waals surface area contributed by atoms with Crippen molar-refractivity contribution in [3.8, 4) is 0 Å². The molecule has 0 saturated heterocycles. The van der Waals surface area contributed by atoms with Crippen LogP contribution in [0.15, 0.2) is 153 Å². The molecule has 0 radical (unpaired) electrons. The molecule has 2 aliphatic heterocycles. The number of benzene rings is 4. The van der Waals surface area contributed by atoms with E-state index in [2.05, 4.69) is 131 Å². The van der Waals surface area contributed by atoms with Gasteiger partial charge < -0.3 is 9.80 Å². The summed E-state index contributed by atoms with van der Waals surface area (Å²) in [6, 6.07) is 43.5. The highest BCUT2D eigenvalue weighted by molar-refractivity contribution is 7.99. The Morgan fingerprint density at radius 2 is 0.725 bits per heavy atom. The predicted octanol–water partition coefficient (Wildman–Crippen LogP) is 8.98. The third-order valence-electron chi connectivity index (χ3n) is 7.81. The molecule has 6 rings (SSSR count). The van der Waals surface area contributed by atoms with Crippen molar-refractivity contribution < 1.29 is 0 Å². The van der Waals surface area contributed by atoms with E-state index in [1.54, 1.807) is 22.3 Å². The fraction of sp³-hybridized carbons (Fsp3) is 0.222. The zero-order chi connectivity index (χ0) is 27.0. The molecule has 40 heavy (non-hydrogen) atoms. The van der Waals surface area contributed by atoms with Gasteiger partial charge in [-0.2, -0.15) is 0 Å². The molecule has 0 aliphatic carbocycles. The molecule has 0 amide bonds. The quantitative estimate of drug-likeness (QED) is 0.133. The van der Waals surface area contributed by atoms with Crippen LogP contribution in [0.2, 0.25) is 0 Å². The van der Waals surface area contributed by atoms with E-state index in [4.69, 9.17) is 0 Å². The van der Waals surface area contributed by atoms with Crippen molar-refractivity contribution >= 4 is 34.9 Å². The molecule has 0 fully saturated rings. The van der Waals surface area contributed by atoms with Gasteiger partial charge in [0.2, 0.25) is 0 Å². The minimum absolute atomic E-state index is 1.03. The summed E-state index contributed by atoms with van der Waals surface area (Å²) in [6.07, 6.45) is 2.29. The van der Waals surface area contributed by atoms with Crippen molar-refractivity contribution in [3.05, 3.63) is 144 Å². The van der Waals surface area contributed by atoms with Gasteiger partial charge in [-0.15, -0.1) is 23.5 Å². The highest BCUT2D eigenvalue weighted by Crippen LogP contribution is 2.35. The number of anilines is 2. The van der Waals surface area contributed by atoms with Crippen LogP contribution in [0.4, 0.5) is 11.4 Å². The van der Waals surface area contributed by atoms with Gasteiger partial charge in [0.05, 0.1) is 0 Å². The molecule has 0 saturated carbocycles. The van der Waals surface area contributed by atoms with Gasteiger partial charge in [-0.3, -0.25) is 0 Å². The predicted molar refractivity (Wildman–Crippen MR) is 175 cm³/mol. The van der Waals surface area contributed by atoms with E-state index < -0.39 is 0 Å². The van der Waals surface area contributed by atoms with E-state index in [1.807, 2.05) is 23.5 Å². The van der Waals surface area contributed by atoms with Crippen molar-refractivity contribution in [3.63, 3.8) is 0 Å². The third-order valence-corrected chi connectivity index (χ3v) is 10.0. The van der Waals surface area contributed by atoms with Gasteiger partial charge >= 0.3 is 0 Å². The second kappa shape index (κ2) is 13.3. The third kappa shape index (κ3) is 6.86. The van der Waals surface area contributed by atoms with Gasteiger partial charge in [0.15, 0.2) is 0 Å². The molecular weight excluding hydrogens is 525 g/mol. The number of para-hydroxylation sites is 2. The molecule has 0 aromatic heterocycles. The molecule has 4 aromatic carbocycles. The summed E-state index contributed by atoms with van der Waals surface area (Å²) in [4.78, 5) is 7.82. The van der Waals surface area contributed by atoms with E-state index in [1.165, 1.54) is 21.2 Å². The van der Waals surface area contributed by atoms with Crippen molar-refractivity contribution in [2.45, 2.75) is 22.6 Å². The van der Waals surface area contributed by atoms with Crippen molar-refractivity contribution in [2.24, 2.45) is 0 Å². The molecule has 4 heteroatoms. The van der Waals surface area contributed by atoms with Crippen LogP contribution in [0, 0.1) is 0 Å².